The zero-order chi connectivity index (χ0) is 27.1. The summed E-state index contributed by atoms with van der Waals surface area (Å²) in [5, 5.41) is 12.0. The lowest BCUT2D eigenvalue weighted by molar-refractivity contribution is -0.122. The molecule has 0 bridgehead atoms. The Morgan fingerprint density at radius 2 is 1.74 bits per heavy atom. The van der Waals surface area contributed by atoms with Crippen molar-refractivity contribution in [3.05, 3.63) is 99.0 Å². The Morgan fingerprint density at radius 1 is 0.974 bits per heavy atom. The van der Waals surface area contributed by atoms with Crippen LogP contribution in [0.2, 0.25) is 0 Å². The molecule has 11 heteroatoms. The van der Waals surface area contributed by atoms with Gasteiger partial charge in [-0.3, -0.25) is 19.2 Å². The summed E-state index contributed by atoms with van der Waals surface area (Å²) in [6.07, 6.45) is 0. The number of nitrogens with one attached hydrogen (secondary N) is 2. The molecule has 3 amide bonds. The fourth-order valence-corrected chi connectivity index (χ4v) is 7.41. The van der Waals surface area contributed by atoms with Gasteiger partial charge in [0.2, 0.25) is 11.8 Å². The summed E-state index contributed by atoms with van der Waals surface area (Å²) < 4.78 is 5.74. The average molecular weight is 560 g/mol. The van der Waals surface area contributed by atoms with Gasteiger partial charge < -0.3 is 20.1 Å². The molecule has 0 aliphatic carbocycles. The average Bonchev–Trinajstić information content (AvgIpc) is 3.43. The molecule has 0 spiro atoms. The van der Waals surface area contributed by atoms with Crippen molar-refractivity contribution in [3.8, 4) is 11.5 Å². The molecule has 6 rings (SSSR count). The van der Waals surface area contributed by atoms with E-state index in [2.05, 4.69) is 10.3 Å². The van der Waals surface area contributed by atoms with Crippen LogP contribution >= 0.6 is 23.1 Å². The third-order valence-corrected chi connectivity index (χ3v) is 8.98. The van der Waals surface area contributed by atoms with E-state index in [4.69, 9.17) is 4.74 Å². The molecule has 39 heavy (non-hydrogen) atoms. The molecule has 0 radical (unpaired) electrons. The van der Waals surface area contributed by atoms with Gasteiger partial charge in [-0.15, -0.1) is 0 Å². The highest BCUT2D eigenvalue weighted by Gasteiger charge is 2.56. The minimum absolute atomic E-state index is 0.0920. The van der Waals surface area contributed by atoms with Gasteiger partial charge in [0, 0.05) is 16.5 Å². The Bertz CT molecular complexity index is 1630. The van der Waals surface area contributed by atoms with Crippen molar-refractivity contribution in [2.24, 2.45) is 5.92 Å². The Kier molecular flexibility index (Phi) is 6.45. The first-order valence-corrected chi connectivity index (χ1v) is 13.7. The van der Waals surface area contributed by atoms with Gasteiger partial charge in [-0.05, 0) is 54.1 Å². The number of rotatable bonds is 6. The van der Waals surface area contributed by atoms with Gasteiger partial charge >= 0.3 is 4.87 Å². The molecule has 1 saturated heterocycles. The fraction of sp³-hybridized carbons (Fsp3) is 0.143. The van der Waals surface area contributed by atoms with Crippen LogP contribution < -0.4 is 19.8 Å². The molecule has 3 aromatic carbocycles. The van der Waals surface area contributed by atoms with Crippen LogP contribution in [-0.2, 0) is 14.4 Å². The number of H-pyrrole nitrogens is 1. The third kappa shape index (κ3) is 4.70. The van der Waals surface area contributed by atoms with Crippen LogP contribution in [0.15, 0.2) is 88.7 Å². The van der Waals surface area contributed by atoms with Crippen molar-refractivity contribution >= 4 is 52.2 Å². The van der Waals surface area contributed by atoms with E-state index in [1.54, 1.807) is 54.6 Å². The molecule has 2 aliphatic rings. The number of thiazole rings is 1. The van der Waals surface area contributed by atoms with Gasteiger partial charge in [0.25, 0.3) is 5.91 Å². The number of hydrogen-bond donors (Lipinski definition) is 3. The van der Waals surface area contributed by atoms with Crippen LogP contribution in [0.1, 0.15) is 16.4 Å². The number of carbonyl (C=O) groups excluding carboxylic acids is 3. The van der Waals surface area contributed by atoms with Gasteiger partial charge in [0.1, 0.15) is 16.7 Å². The Morgan fingerprint density at radius 3 is 2.51 bits per heavy atom. The first-order chi connectivity index (χ1) is 18.9. The van der Waals surface area contributed by atoms with Crippen molar-refractivity contribution in [3.63, 3.8) is 0 Å². The van der Waals surface area contributed by atoms with Crippen molar-refractivity contribution in [2.75, 3.05) is 16.8 Å². The number of nitrogens with zero attached hydrogens (tertiary/aromatic N) is 1. The summed E-state index contributed by atoms with van der Waals surface area (Å²) in [5.74, 6) is -1.79. The molecule has 3 unspecified atom stereocenters. The molecule has 3 heterocycles. The molecule has 0 saturated carbocycles. The number of benzene rings is 3. The van der Waals surface area contributed by atoms with Crippen LogP contribution in [0, 0.1) is 5.92 Å². The van der Waals surface area contributed by atoms with Crippen molar-refractivity contribution < 1.29 is 24.2 Å². The predicted molar refractivity (Wildman–Crippen MR) is 148 cm³/mol. The number of anilines is 2. The number of phenols is 1. The number of imide groups is 1. The highest BCUT2D eigenvalue weighted by atomic mass is 32.2. The molecule has 2 aliphatic heterocycles. The van der Waals surface area contributed by atoms with Crippen molar-refractivity contribution in [2.45, 2.75) is 16.2 Å². The molecular formula is C28H21N3O6S2. The fourth-order valence-electron chi connectivity index (χ4n) is 4.90. The molecule has 196 valence electrons. The van der Waals surface area contributed by atoms with Gasteiger partial charge in [0.05, 0.1) is 16.6 Å². The Balaban J connectivity index is 1.28. The largest absolute Gasteiger partial charge is 0.508 e. The molecule has 3 N–H and O–H groups in total. The van der Waals surface area contributed by atoms with Gasteiger partial charge in [0.15, 0.2) is 6.61 Å². The maximum atomic E-state index is 13.8. The summed E-state index contributed by atoms with van der Waals surface area (Å²) >= 11 is 2.25. The van der Waals surface area contributed by atoms with E-state index in [0.29, 0.717) is 32.6 Å². The summed E-state index contributed by atoms with van der Waals surface area (Å²) in [7, 11) is 0. The second-order valence-corrected chi connectivity index (χ2v) is 11.2. The summed E-state index contributed by atoms with van der Waals surface area (Å²) in [4.78, 5) is 56.4. The smallest absolute Gasteiger partial charge is 0.305 e. The van der Waals surface area contributed by atoms with Gasteiger partial charge in [-0.2, -0.15) is 0 Å². The maximum Gasteiger partial charge on any atom is 0.305 e. The van der Waals surface area contributed by atoms with Crippen LogP contribution in [-0.4, -0.2) is 39.7 Å². The Labute approximate surface area is 230 Å². The predicted octanol–water partition coefficient (Wildman–Crippen LogP) is 3.96. The second-order valence-electron chi connectivity index (χ2n) is 9.05. The first-order valence-electron chi connectivity index (χ1n) is 12.0. The molecule has 3 atom stereocenters. The quantitative estimate of drug-likeness (QED) is 0.241. The van der Waals surface area contributed by atoms with E-state index in [-0.39, 0.29) is 35.0 Å². The number of para-hydroxylation sites is 1. The molecule has 1 fully saturated rings. The SMILES string of the molecule is O=C(COc1cccc(C2c3sc(=O)[nH]c3SC3C(=O)N(c4ccccc4)C(=O)C32)c1)Nc1ccc(O)cc1. The number of aromatic amines is 1. The number of thioether (sulfide) groups is 1. The lowest BCUT2D eigenvalue weighted by atomic mass is 9.83. The second kappa shape index (κ2) is 10.1. The number of ether oxygens (including phenoxy) is 1. The van der Waals surface area contributed by atoms with E-state index < -0.39 is 17.1 Å². The summed E-state index contributed by atoms with van der Waals surface area (Å²) in [6, 6.07) is 21.9. The molecule has 1 aromatic heterocycles. The van der Waals surface area contributed by atoms with E-state index in [9.17, 15) is 24.3 Å². The third-order valence-electron chi connectivity index (χ3n) is 6.58. The van der Waals surface area contributed by atoms with Crippen LogP contribution in [0.25, 0.3) is 0 Å². The first kappa shape index (κ1) is 25.0. The van der Waals surface area contributed by atoms with E-state index >= 15 is 0 Å². The Hall–Kier alpha value is -4.35. The van der Waals surface area contributed by atoms with E-state index in [0.717, 1.165) is 11.3 Å². The van der Waals surface area contributed by atoms with Crippen molar-refractivity contribution in [1.82, 2.24) is 4.98 Å². The molecule has 4 aromatic rings. The standard InChI is InChI=1S/C28H21N3O6S2/c32-18-11-9-16(10-12-18)29-20(33)14-37-19-8-4-5-15(13-19)21-22-24(38-25-23(21)39-28(36)30-25)27(35)31(26(22)34)17-6-2-1-3-7-17/h1-13,21-22,24,32H,14H2,(H,29,33)(H,30,36). The van der Waals surface area contributed by atoms with Gasteiger partial charge in [-0.1, -0.05) is 53.4 Å². The van der Waals surface area contributed by atoms with Crippen molar-refractivity contribution in [1.29, 1.82) is 0 Å². The lowest BCUT2D eigenvalue weighted by Gasteiger charge is -2.30. The van der Waals surface area contributed by atoms with E-state index in [1.807, 2.05) is 12.1 Å². The maximum absolute atomic E-state index is 13.8. The molecular weight excluding hydrogens is 538 g/mol. The van der Waals surface area contributed by atoms with Crippen LogP contribution in [0.3, 0.4) is 0 Å². The highest BCUT2D eigenvalue weighted by Crippen LogP contribution is 2.53. The zero-order valence-electron chi connectivity index (χ0n) is 20.2. The highest BCUT2D eigenvalue weighted by molar-refractivity contribution is 8.00. The summed E-state index contributed by atoms with van der Waals surface area (Å²) in [5.41, 5.74) is 1.73. The number of carbonyl (C=O) groups is 3. The van der Waals surface area contributed by atoms with Crippen LogP contribution in [0.4, 0.5) is 11.4 Å². The van der Waals surface area contributed by atoms with Crippen LogP contribution in [0.5, 0.6) is 11.5 Å². The lowest BCUT2D eigenvalue weighted by Crippen LogP contribution is -2.32. The normalized spacial score (nSPS) is 19.9. The topological polar surface area (TPSA) is 129 Å². The number of fused-ring (bicyclic) bond motifs is 2. The number of amides is 3. The van der Waals surface area contributed by atoms with Gasteiger partial charge in [-0.25, -0.2) is 4.90 Å². The number of hydrogen-bond acceptors (Lipinski definition) is 8. The minimum Gasteiger partial charge on any atom is -0.508 e. The van der Waals surface area contributed by atoms with E-state index in [1.165, 1.54) is 28.8 Å². The zero-order valence-corrected chi connectivity index (χ0v) is 21.8. The minimum atomic E-state index is -0.713. The number of aromatic hydroxyl groups is 1. The molecule has 9 nitrogen and oxygen atoms in total. The summed E-state index contributed by atoms with van der Waals surface area (Å²) in [6.45, 7) is -0.265. The monoisotopic (exact) mass is 559 g/mol. The number of aromatic nitrogens is 1. The number of phenolic OH excluding ortho intramolecular Hbond substituents is 1.